The number of anilines is 1. The highest BCUT2D eigenvalue weighted by Crippen LogP contribution is 2.35. The van der Waals surface area contributed by atoms with Crippen molar-refractivity contribution >= 4 is 22.6 Å². The molecule has 36 heavy (non-hydrogen) atoms. The van der Waals surface area contributed by atoms with Crippen LogP contribution >= 0.6 is 0 Å². The van der Waals surface area contributed by atoms with Gasteiger partial charge < -0.3 is 24.1 Å². The Hall–Kier alpha value is -4.10. The first kappa shape index (κ1) is 23.6. The largest absolute Gasteiger partial charge is 0.491 e. The number of hydrogen-bond acceptors (Lipinski definition) is 5. The van der Waals surface area contributed by atoms with E-state index in [4.69, 9.17) is 14.2 Å². The molecule has 1 aliphatic heterocycles. The molecule has 0 bridgehead atoms. The molecule has 1 N–H and O–H groups in total. The maximum atomic E-state index is 11.8. The summed E-state index contributed by atoms with van der Waals surface area (Å²) in [6.07, 6.45) is 2.81. The molecule has 1 aromatic heterocycles. The van der Waals surface area contributed by atoms with E-state index in [1.54, 1.807) is 6.33 Å². The van der Waals surface area contributed by atoms with Gasteiger partial charge in [0.05, 0.1) is 17.4 Å². The van der Waals surface area contributed by atoms with Crippen LogP contribution in [0.4, 0.5) is 5.69 Å². The second kappa shape index (κ2) is 10.3. The summed E-state index contributed by atoms with van der Waals surface area (Å²) in [6, 6.07) is 21.5. The molecule has 4 aromatic rings. The Morgan fingerprint density at radius 3 is 2.47 bits per heavy atom. The molecule has 0 saturated carbocycles. The zero-order valence-electron chi connectivity index (χ0n) is 20.4. The number of rotatable bonds is 8. The van der Waals surface area contributed by atoms with Crippen LogP contribution in [0.2, 0.25) is 0 Å². The Labute approximate surface area is 210 Å². The molecule has 7 nitrogen and oxygen atoms in total. The van der Waals surface area contributed by atoms with Crippen LogP contribution < -0.4 is 14.8 Å². The topological polar surface area (TPSA) is 74.6 Å². The van der Waals surface area contributed by atoms with E-state index in [1.165, 1.54) is 17.2 Å². The van der Waals surface area contributed by atoms with E-state index in [-0.39, 0.29) is 24.3 Å². The monoisotopic (exact) mass is 483 g/mol. The van der Waals surface area contributed by atoms with Crippen LogP contribution in [0.3, 0.4) is 0 Å². The van der Waals surface area contributed by atoms with Crippen molar-refractivity contribution in [1.82, 2.24) is 9.55 Å². The lowest BCUT2D eigenvalue weighted by Crippen LogP contribution is -2.32. The van der Waals surface area contributed by atoms with Gasteiger partial charge in [0.15, 0.2) is 0 Å². The fraction of sp³-hybridized carbons (Fsp3) is 0.241. The van der Waals surface area contributed by atoms with E-state index in [1.807, 2.05) is 85.1 Å². The number of amides is 1. The first-order valence-electron chi connectivity index (χ1n) is 12.0. The highest BCUT2D eigenvalue weighted by Gasteiger charge is 2.39. The number of aromatic nitrogens is 2. The van der Waals surface area contributed by atoms with Gasteiger partial charge in [-0.1, -0.05) is 42.0 Å². The Bertz CT molecular complexity index is 1360. The molecule has 7 heteroatoms. The number of nitrogens with one attached hydrogen (secondary N) is 1. The quantitative estimate of drug-likeness (QED) is 0.331. The molecular formula is C29H29N3O4. The molecule has 5 rings (SSSR count). The van der Waals surface area contributed by atoms with Gasteiger partial charge in [0.1, 0.15) is 36.5 Å². The predicted octanol–water partition coefficient (Wildman–Crippen LogP) is 5.59. The third kappa shape index (κ3) is 5.26. The first-order chi connectivity index (χ1) is 17.5. The van der Waals surface area contributed by atoms with E-state index in [0.717, 1.165) is 22.5 Å². The van der Waals surface area contributed by atoms with E-state index in [0.29, 0.717) is 18.7 Å². The zero-order valence-corrected chi connectivity index (χ0v) is 20.4. The van der Waals surface area contributed by atoms with Crippen molar-refractivity contribution in [3.05, 3.63) is 96.8 Å². The third-order valence-corrected chi connectivity index (χ3v) is 6.26. The van der Waals surface area contributed by atoms with E-state index >= 15 is 0 Å². The number of imidazole rings is 1. The second-order valence-electron chi connectivity index (χ2n) is 9.01. The van der Waals surface area contributed by atoms with Crippen LogP contribution in [0.25, 0.3) is 11.0 Å². The van der Waals surface area contributed by atoms with Gasteiger partial charge in [-0.25, -0.2) is 4.98 Å². The summed E-state index contributed by atoms with van der Waals surface area (Å²) < 4.78 is 20.9. The number of carbonyl (C=O) groups excluding carboxylic acids is 1. The van der Waals surface area contributed by atoms with Crippen molar-refractivity contribution in [3.63, 3.8) is 0 Å². The lowest BCUT2D eigenvalue weighted by molar-refractivity contribution is -0.111. The predicted molar refractivity (Wildman–Crippen MR) is 139 cm³/mol. The average molecular weight is 484 g/mol. The van der Waals surface area contributed by atoms with E-state index in [9.17, 15) is 4.79 Å². The molecule has 1 fully saturated rings. The molecular weight excluding hydrogens is 454 g/mol. The van der Waals surface area contributed by atoms with E-state index < -0.39 is 0 Å². The van der Waals surface area contributed by atoms with Gasteiger partial charge in [-0.2, -0.15) is 0 Å². The highest BCUT2D eigenvalue weighted by molar-refractivity contribution is 6.00. The van der Waals surface area contributed by atoms with Crippen LogP contribution in [-0.4, -0.2) is 34.3 Å². The number of nitrogens with zero attached hydrogens (tertiary/aromatic N) is 2. The minimum atomic E-state index is -0.303. The van der Waals surface area contributed by atoms with Gasteiger partial charge in [0.2, 0.25) is 5.91 Å². The molecule has 184 valence electrons. The van der Waals surface area contributed by atoms with Crippen molar-refractivity contribution < 1.29 is 19.0 Å². The first-order valence-corrected chi connectivity index (χ1v) is 12.0. The van der Waals surface area contributed by atoms with Gasteiger partial charge in [-0.05, 0) is 62.4 Å². The van der Waals surface area contributed by atoms with Crippen LogP contribution in [-0.2, 0) is 9.53 Å². The Morgan fingerprint density at radius 2 is 1.78 bits per heavy atom. The summed E-state index contributed by atoms with van der Waals surface area (Å²) in [5.74, 6) is 1.31. The lowest BCUT2D eigenvalue weighted by Gasteiger charge is -2.20. The fourth-order valence-electron chi connectivity index (χ4n) is 4.28. The van der Waals surface area contributed by atoms with Crippen LogP contribution in [0.1, 0.15) is 23.8 Å². The molecule has 0 radical (unpaired) electrons. The molecule has 2 heterocycles. The molecule has 1 saturated heterocycles. The zero-order chi connectivity index (χ0) is 25.1. The summed E-state index contributed by atoms with van der Waals surface area (Å²) in [6.45, 7) is 7.96. The summed E-state index contributed by atoms with van der Waals surface area (Å²) in [4.78, 5) is 16.3. The summed E-state index contributed by atoms with van der Waals surface area (Å²) in [5.41, 5.74) is 4.68. The molecule has 3 aromatic carbocycles. The molecule has 3 atom stereocenters. The van der Waals surface area contributed by atoms with Gasteiger partial charge in [0, 0.05) is 12.1 Å². The highest BCUT2D eigenvalue weighted by atomic mass is 16.6. The molecule has 0 spiro atoms. The maximum absolute atomic E-state index is 11.8. The smallest absolute Gasteiger partial charge is 0.247 e. The number of hydrogen-bond donors (Lipinski definition) is 1. The van der Waals surface area contributed by atoms with Crippen LogP contribution in [0.15, 0.2) is 85.7 Å². The average Bonchev–Trinajstić information content (AvgIpc) is 3.48. The Morgan fingerprint density at radius 1 is 1.08 bits per heavy atom. The third-order valence-electron chi connectivity index (χ3n) is 6.26. The molecule has 0 unspecified atom stereocenters. The van der Waals surface area contributed by atoms with Gasteiger partial charge >= 0.3 is 0 Å². The Balaban J connectivity index is 1.38. The van der Waals surface area contributed by atoms with Crippen molar-refractivity contribution in [2.24, 2.45) is 0 Å². The SMILES string of the molecule is C=CC(=O)Nc1ccc2ncn([C@H]3C[C@H](Oc4ccc(C)cc4)[C@@H](COc4ccc(C)cc4)O3)c2c1. The number of benzene rings is 3. The number of aryl methyl sites for hydroxylation is 2. The van der Waals surface area contributed by atoms with Gasteiger partial charge in [0.25, 0.3) is 0 Å². The van der Waals surface area contributed by atoms with Crippen molar-refractivity contribution in [3.8, 4) is 11.5 Å². The normalized spacial score (nSPS) is 19.2. The minimum absolute atomic E-state index is 0.218. The Kier molecular flexibility index (Phi) is 6.73. The summed E-state index contributed by atoms with van der Waals surface area (Å²) >= 11 is 0. The summed E-state index contributed by atoms with van der Waals surface area (Å²) in [5, 5.41) is 2.80. The van der Waals surface area contributed by atoms with E-state index in [2.05, 4.69) is 16.9 Å². The standard InChI is InChI=1S/C29H29N3O4/c1-4-28(33)31-21-9-14-24-25(15-21)32(18-30-24)29-16-26(35-23-12-7-20(3)8-13-23)27(36-29)17-34-22-10-5-19(2)6-11-22/h4-15,18,26-27,29H,1,16-17H2,2-3H3,(H,31,33)/t26-,27+,29+/m0/s1. The van der Waals surface area contributed by atoms with Gasteiger partial charge in [-0.3, -0.25) is 4.79 Å². The minimum Gasteiger partial charge on any atom is -0.491 e. The van der Waals surface area contributed by atoms with Crippen LogP contribution in [0.5, 0.6) is 11.5 Å². The van der Waals surface area contributed by atoms with Crippen molar-refractivity contribution in [1.29, 1.82) is 0 Å². The number of carbonyl (C=O) groups is 1. The maximum Gasteiger partial charge on any atom is 0.247 e. The molecule has 0 aliphatic carbocycles. The second-order valence-corrected chi connectivity index (χ2v) is 9.01. The summed E-state index contributed by atoms with van der Waals surface area (Å²) in [7, 11) is 0. The van der Waals surface area contributed by atoms with Gasteiger partial charge in [-0.15, -0.1) is 0 Å². The lowest BCUT2D eigenvalue weighted by atomic mass is 10.1. The fourth-order valence-corrected chi connectivity index (χ4v) is 4.28. The number of ether oxygens (including phenoxy) is 3. The van der Waals surface area contributed by atoms with Crippen molar-refractivity contribution in [2.45, 2.75) is 38.7 Å². The number of fused-ring (bicyclic) bond motifs is 1. The van der Waals surface area contributed by atoms with Crippen LogP contribution in [0, 0.1) is 13.8 Å². The molecule has 1 amide bonds. The molecule has 1 aliphatic rings. The van der Waals surface area contributed by atoms with Crippen molar-refractivity contribution in [2.75, 3.05) is 11.9 Å².